The summed E-state index contributed by atoms with van der Waals surface area (Å²) in [6.45, 7) is -0.886. The second-order valence-corrected chi connectivity index (χ2v) is 4.46. The summed E-state index contributed by atoms with van der Waals surface area (Å²) < 4.78 is 78.5. The quantitative estimate of drug-likeness (QED) is 0.856. The van der Waals surface area contributed by atoms with Crippen LogP contribution >= 0.6 is 0 Å². The molecular formula is C14H9F6NO2. The molecule has 124 valence electrons. The van der Waals surface area contributed by atoms with Gasteiger partial charge in [-0.25, -0.2) is 0 Å². The zero-order chi connectivity index (χ0) is 17.3. The Morgan fingerprint density at radius 2 is 1.74 bits per heavy atom. The SMILES string of the molecule is OCc1cc(-c2cccc(OC(F)(F)F)c2)ncc1C(F)(F)F. The Hall–Kier alpha value is -2.29. The van der Waals surface area contributed by atoms with Gasteiger partial charge < -0.3 is 9.84 Å². The molecule has 0 fully saturated rings. The molecule has 1 heterocycles. The number of rotatable bonds is 3. The third kappa shape index (κ3) is 4.35. The van der Waals surface area contributed by atoms with Gasteiger partial charge in [-0.2, -0.15) is 13.2 Å². The van der Waals surface area contributed by atoms with Gasteiger partial charge in [-0.1, -0.05) is 12.1 Å². The van der Waals surface area contributed by atoms with Crippen molar-refractivity contribution in [3.63, 3.8) is 0 Å². The zero-order valence-corrected chi connectivity index (χ0v) is 11.2. The van der Waals surface area contributed by atoms with E-state index in [1.807, 2.05) is 0 Å². The lowest BCUT2D eigenvalue weighted by Gasteiger charge is -2.13. The number of alkyl halides is 6. The second kappa shape index (κ2) is 6.07. The fourth-order valence-electron chi connectivity index (χ4n) is 1.89. The summed E-state index contributed by atoms with van der Waals surface area (Å²) in [5.41, 5.74) is -1.43. The molecule has 0 unspecified atom stereocenters. The first-order valence-corrected chi connectivity index (χ1v) is 6.13. The van der Waals surface area contributed by atoms with E-state index in [9.17, 15) is 26.3 Å². The molecule has 2 aromatic rings. The predicted molar refractivity (Wildman–Crippen MR) is 67.3 cm³/mol. The van der Waals surface area contributed by atoms with Crippen molar-refractivity contribution >= 4 is 0 Å². The van der Waals surface area contributed by atoms with Crippen molar-refractivity contribution < 1.29 is 36.2 Å². The maximum absolute atomic E-state index is 12.7. The van der Waals surface area contributed by atoms with Crippen LogP contribution in [-0.4, -0.2) is 16.5 Å². The van der Waals surface area contributed by atoms with Gasteiger partial charge in [0.25, 0.3) is 0 Å². The van der Waals surface area contributed by atoms with Crippen molar-refractivity contribution in [3.8, 4) is 17.0 Å². The molecule has 1 aromatic carbocycles. The summed E-state index contributed by atoms with van der Waals surface area (Å²) in [5.74, 6) is -0.526. The molecule has 0 aliphatic carbocycles. The number of nitrogens with zero attached hydrogens (tertiary/aromatic N) is 1. The first-order valence-electron chi connectivity index (χ1n) is 6.13. The predicted octanol–water partition coefficient (Wildman–Crippen LogP) is 4.16. The van der Waals surface area contributed by atoms with Crippen molar-refractivity contribution in [2.45, 2.75) is 19.1 Å². The Morgan fingerprint density at radius 3 is 2.30 bits per heavy atom. The average Bonchev–Trinajstić information content (AvgIpc) is 2.44. The van der Waals surface area contributed by atoms with E-state index in [4.69, 9.17) is 5.11 Å². The molecule has 9 heteroatoms. The lowest BCUT2D eigenvalue weighted by molar-refractivity contribution is -0.274. The van der Waals surface area contributed by atoms with Crippen molar-refractivity contribution in [1.29, 1.82) is 0 Å². The first kappa shape index (κ1) is 17.1. The molecule has 1 aromatic heterocycles. The molecule has 0 bridgehead atoms. The highest BCUT2D eigenvalue weighted by Gasteiger charge is 2.34. The zero-order valence-electron chi connectivity index (χ0n) is 11.2. The van der Waals surface area contributed by atoms with E-state index in [1.165, 1.54) is 12.1 Å². The molecule has 3 nitrogen and oxygen atoms in total. The summed E-state index contributed by atoms with van der Waals surface area (Å²) in [4.78, 5) is 3.59. The van der Waals surface area contributed by atoms with E-state index in [0.29, 0.717) is 6.20 Å². The standard InChI is InChI=1S/C14H9F6NO2/c15-13(16,17)11-6-21-12(5-9(11)7-22)8-2-1-3-10(4-8)23-14(18,19)20/h1-6,22H,7H2. The van der Waals surface area contributed by atoms with Gasteiger partial charge in [-0.15, -0.1) is 13.2 Å². The largest absolute Gasteiger partial charge is 0.573 e. The van der Waals surface area contributed by atoms with E-state index in [-0.39, 0.29) is 11.3 Å². The molecule has 0 aliphatic heterocycles. The molecule has 1 N–H and O–H groups in total. The summed E-state index contributed by atoms with van der Waals surface area (Å²) in [6.07, 6.45) is -9.05. The van der Waals surface area contributed by atoms with Crippen molar-refractivity contribution in [2.24, 2.45) is 0 Å². The normalized spacial score (nSPS) is 12.3. The topological polar surface area (TPSA) is 42.4 Å². The molecular weight excluding hydrogens is 328 g/mol. The van der Waals surface area contributed by atoms with Gasteiger partial charge in [-0.3, -0.25) is 4.98 Å². The minimum atomic E-state index is -4.89. The number of benzene rings is 1. The van der Waals surface area contributed by atoms with E-state index in [2.05, 4.69) is 9.72 Å². The maximum atomic E-state index is 12.7. The van der Waals surface area contributed by atoms with Gasteiger partial charge in [0, 0.05) is 11.8 Å². The van der Waals surface area contributed by atoms with Crippen LogP contribution in [0.15, 0.2) is 36.5 Å². The highest BCUT2D eigenvalue weighted by molar-refractivity contribution is 5.62. The van der Waals surface area contributed by atoms with Crippen LogP contribution in [0, 0.1) is 0 Å². The molecule has 0 aliphatic rings. The molecule has 0 saturated heterocycles. The van der Waals surface area contributed by atoms with Crippen LogP contribution in [0.4, 0.5) is 26.3 Å². The second-order valence-electron chi connectivity index (χ2n) is 4.46. The maximum Gasteiger partial charge on any atom is 0.573 e. The number of halogens is 6. The Balaban J connectivity index is 2.41. The van der Waals surface area contributed by atoms with Gasteiger partial charge in [0.05, 0.1) is 17.9 Å². The Labute approximate surface area is 126 Å². The fraction of sp³-hybridized carbons (Fsp3) is 0.214. The van der Waals surface area contributed by atoms with E-state index in [0.717, 1.165) is 18.2 Å². The highest BCUT2D eigenvalue weighted by atomic mass is 19.4. The third-order valence-electron chi connectivity index (χ3n) is 2.83. The van der Waals surface area contributed by atoms with Crippen LogP contribution in [0.2, 0.25) is 0 Å². The van der Waals surface area contributed by atoms with Crippen LogP contribution in [0.3, 0.4) is 0 Å². The number of hydrogen-bond acceptors (Lipinski definition) is 3. The summed E-state index contributed by atoms with van der Waals surface area (Å²) in [7, 11) is 0. The smallest absolute Gasteiger partial charge is 0.406 e. The van der Waals surface area contributed by atoms with Crippen LogP contribution in [0.1, 0.15) is 11.1 Å². The molecule has 2 rings (SSSR count). The minimum absolute atomic E-state index is 0.0188. The van der Waals surface area contributed by atoms with Gasteiger partial charge in [0.15, 0.2) is 0 Å². The first-order chi connectivity index (χ1) is 10.6. The molecule has 23 heavy (non-hydrogen) atoms. The number of pyridine rings is 1. The Morgan fingerprint density at radius 1 is 1.04 bits per heavy atom. The lowest BCUT2D eigenvalue weighted by Crippen LogP contribution is -2.17. The van der Waals surface area contributed by atoms with Crippen LogP contribution in [0.5, 0.6) is 5.75 Å². The Kier molecular flexibility index (Phi) is 4.51. The van der Waals surface area contributed by atoms with Crippen molar-refractivity contribution in [2.75, 3.05) is 0 Å². The molecule has 0 spiro atoms. The fourth-order valence-corrected chi connectivity index (χ4v) is 1.89. The van der Waals surface area contributed by atoms with Crippen molar-refractivity contribution in [3.05, 3.63) is 47.7 Å². The highest BCUT2D eigenvalue weighted by Crippen LogP contribution is 2.34. The van der Waals surface area contributed by atoms with E-state index < -0.39 is 36.0 Å². The number of aliphatic hydroxyl groups excluding tert-OH is 1. The minimum Gasteiger partial charge on any atom is -0.406 e. The van der Waals surface area contributed by atoms with Crippen LogP contribution in [0.25, 0.3) is 11.3 Å². The average molecular weight is 337 g/mol. The molecule has 0 atom stereocenters. The van der Waals surface area contributed by atoms with Crippen LogP contribution in [-0.2, 0) is 12.8 Å². The third-order valence-corrected chi connectivity index (χ3v) is 2.83. The monoisotopic (exact) mass is 337 g/mol. The summed E-state index contributed by atoms with van der Waals surface area (Å²) >= 11 is 0. The number of hydrogen-bond donors (Lipinski definition) is 1. The number of aromatic nitrogens is 1. The van der Waals surface area contributed by atoms with E-state index >= 15 is 0 Å². The number of ether oxygens (including phenoxy) is 1. The van der Waals surface area contributed by atoms with Crippen LogP contribution < -0.4 is 4.74 Å². The van der Waals surface area contributed by atoms with Gasteiger partial charge in [0.2, 0.25) is 0 Å². The van der Waals surface area contributed by atoms with Gasteiger partial charge in [-0.05, 0) is 23.8 Å². The van der Waals surface area contributed by atoms with Gasteiger partial charge >= 0.3 is 12.5 Å². The molecule has 0 radical (unpaired) electrons. The van der Waals surface area contributed by atoms with Crippen molar-refractivity contribution in [1.82, 2.24) is 4.98 Å². The molecule has 0 saturated carbocycles. The lowest BCUT2D eigenvalue weighted by atomic mass is 10.1. The Bertz CT molecular complexity index is 696. The molecule has 0 amide bonds. The summed E-state index contributed by atoms with van der Waals surface area (Å²) in [5, 5.41) is 9.06. The number of aliphatic hydroxyl groups is 1. The van der Waals surface area contributed by atoms with Gasteiger partial charge in [0.1, 0.15) is 5.75 Å². The van der Waals surface area contributed by atoms with E-state index in [1.54, 1.807) is 0 Å². The summed E-state index contributed by atoms with van der Waals surface area (Å²) in [6, 6.07) is 5.61.